The molecule has 154 valence electrons. The first-order chi connectivity index (χ1) is 14.5. The Morgan fingerprint density at radius 2 is 1.60 bits per heavy atom. The number of benzene rings is 2. The maximum Gasteiger partial charge on any atom is 0.150 e. The zero-order chi connectivity index (χ0) is 20.5. The SMILES string of the molecule is CCC12CN3CC(C)(CN(C1)C3c1cn(Cc3ccccc3)c3ccccc13)C2=O. The molecule has 2 unspecified atom stereocenters. The van der Waals surface area contributed by atoms with E-state index in [0.717, 1.165) is 39.1 Å². The van der Waals surface area contributed by atoms with Gasteiger partial charge in [-0.2, -0.15) is 0 Å². The Morgan fingerprint density at radius 1 is 0.933 bits per heavy atom. The van der Waals surface area contributed by atoms with Gasteiger partial charge in [0.05, 0.1) is 17.0 Å². The van der Waals surface area contributed by atoms with Crippen LogP contribution in [0.25, 0.3) is 10.9 Å². The van der Waals surface area contributed by atoms with E-state index in [4.69, 9.17) is 0 Å². The van der Waals surface area contributed by atoms with Crippen LogP contribution in [0, 0.1) is 10.8 Å². The van der Waals surface area contributed by atoms with Crippen LogP contribution in [-0.4, -0.2) is 46.3 Å². The van der Waals surface area contributed by atoms with Gasteiger partial charge in [0, 0.05) is 55.4 Å². The highest BCUT2D eigenvalue weighted by Crippen LogP contribution is 2.54. The molecule has 0 radical (unpaired) electrons. The molecule has 5 heterocycles. The second kappa shape index (κ2) is 6.29. The maximum absolute atomic E-state index is 13.3. The predicted octanol–water partition coefficient (Wildman–Crippen LogP) is 4.30. The molecule has 0 aliphatic carbocycles. The van der Waals surface area contributed by atoms with Gasteiger partial charge in [0.15, 0.2) is 0 Å². The zero-order valence-electron chi connectivity index (χ0n) is 17.8. The first kappa shape index (κ1) is 18.3. The smallest absolute Gasteiger partial charge is 0.150 e. The standard InChI is InChI=1S/C26H29N3O/c1-3-26-17-28-15-25(2,24(26)30)16-29(18-26)23(28)21-14-27(13-19-9-5-4-6-10-19)22-12-8-7-11-20(21)22/h4-12,14,23H,3,13,15-18H2,1-2H3. The Kier molecular flexibility index (Phi) is 3.84. The quantitative estimate of drug-likeness (QED) is 0.655. The molecule has 2 aromatic carbocycles. The lowest BCUT2D eigenvalue weighted by atomic mass is 9.60. The van der Waals surface area contributed by atoms with Crippen molar-refractivity contribution in [3.8, 4) is 0 Å². The number of Topliss-reactive ketones (excluding diaryl/α,β-unsaturated/α-hetero) is 1. The first-order valence-electron chi connectivity index (χ1n) is 11.2. The van der Waals surface area contributed by atoms with E-state index < -0.39 is 0 Å². The normalized spacial score (nSPS) is 34.7. The highest BCUT2D eigenvalue weighted by Gasteiger charge is 2.63. The average Bonchev–Trinajstić information content (AvgIpc) is 3.10. The third-order valence-corrected chi connectivity index (χ3v) is 7.81. The highest BCUT2D eigenvalue weighted by atomic mass is 16.1. The van der Waals surface area contributed by atoms with Gasteiger partial charge in [0.25, 0.3) is 0 Å². The summed E-state index contributed by atoms with van der Waals surface area (Å²) in [6, 6.07) is 19.5. The molecule has 4 aliphatic heterocycles. The number of ketones is 1. The van der Waals surface area contributed by atoms with Crippen LogP contribution in [0.1, 0.15) is 37.6 Å². The topological polar surface area (TPSA) is 28.5 Å². The summed E-state index contributed by atoms with van der Waals surface area (Å²) >= 11 is 0. The molecule has 4 fully saturated rings. The third kappa shape index (κ3) is 2.44. The largest absolute Gasteiger partial charge is 0.343 e. The number of carbonyl (C=O) groups is 1. The molecule has 3 aromatic rings. The minimum atomic E-state index is -0.217. The molecule has 4 bridgehead atoms. The minimum Gasteiger partial charge on any atom is -0.343 e. The summed E-state index contributed by atoms with van der Waals surface area (Å²) in [6.45, 7) is 8.82. The lowest BCUT2D eigenvalue weighted by Gasteiger charge is -2.65. The van der Waals surface area contributed by atoms with Crippen molar-refractivity contribution in [3.05, 3.63) is 71.9 Å². The van der Waals surface area contributed by atoms with Crippen LogP contribution < -0.4 is 0 Å². The molecule has 1 aromatic heterocycles. The van der Waals surface area contributed by atoms with Gasteiger partial charge in [-0.3, -0.25) is 14.6 Å². The lowest BCUT2D eigenvalue weighted by molar-refractivity contribution is -0.200. The molecule has 4 saturated heterocycles. The molecule has 0 spiro atoms. The molecular weight excluding hydrogens is 370 g/mol. The molecule has 0 saturated carbocycles. The number of aromatic nitrogens is 1. The van der Waals surface area contributed by atoms with E-state index >= 15 is 0 Å². The zero-order valence-corrected chi connectivity index (χ0v) is 17.8. The van der Waals surface area contributed by atoms with Crippen LogP contribution >= 0.6 is 0 Å². The second-order valence-electron chi connectivity index (χ2n) is 9.92. The fraction of sp³-hybridized carbons (Fsp3) is 0.423. The van der Waals surface area contributed by atoms with Crippen LogP contribution in [0.3, 0.4) is 0 Å². The Morgan fingerprint density at radius 3 is 2.30 bits per heavy atom. The van der Waals surface area contributed by atoms with Gasteiger partial charge < -0.3 is 4.57 Å². The average molecular weight is 400 g/mol. The lowest BCUT2D eigenvalue weighted by Crippen LogP contribution is -2.75. The molecule has 30 heavy (non-hydrogen) atoms. The molecule has 4 aliphatic rings. The van der Waals surface area contributed by atoms with Crippen LogP contribution in [0.2, 0.25) is 0 Å². The summed E-state index contributed by atoms with van der Waals surface area (Å²) < 4.78 is 2.40. The van der Waals surface area contributed by atoms with Crippen molar-refractivity contribution in [1.29, 1.82) is 0 Å². The van der Waals surface area contributed by atoms with E-state index in [1.54, 1.807) is 0 Å². The van der Waals surface area contributed by atoms with Crippen LogP contribution in [0.15, 0.2) is 60.8 Å². The summed E-state index contributed by atoms with van der Waals surface area (Å²) in [6.07, 6.45) is 3.58. The number of fused-ring (bicyclic) bond motifs is 1. The van der Waals surface area contributed by atoms with Crippen molar-refractivity contribution in [3.63, 3.8) is 0 Å². The number of carbonyl (C=O) groups excluding carboxylic acids is 1. The van der Waals surface area contributed by atoms with Crippen LogP contribution in [-0.2, 0) is 11.3 Å². The van der Waals surface area contributed by atoms with Gasteiger partial charge in [0.2, 0.25) is 0 Å². The summed E-state index contributed by atoms with van der Waals surface area (Å²) in [5.41, 5.74) is 3.61. The number of rotatable bonds is 4. The summed E-state index contributed by atoms with van der Waals surface area (Å²) in [4.78, 5) is 18.4. The monoisotopic (exact) mass is 399 g/mol. The van der Waals surface area contributed by atoms with Gasteiger partial charge >= 0.3 is 0 Å². The summed E-state index contributed by atoms with van der Waals surface area (Å²) in [5, 5.41) is 1.34. The molecule has 4 nitrogen and oxygen atoms in total. The van der Waals surface area contributed by atoms with Gasteiger partial charge in [0.1, 0.15) is 5.78 Å². The fourth-order valence-corrected chi connectivity index (χ4v) is 6.56. The van der Waals surface area contributed by atoms with Gasteiger partial charge in [-0.25, -0.2) is 0 Å². The Labute approximate surface area is 178 Å². The van der Waals surface area contributed by atoms with Crippen molar-refractivity contribution in [2.24, 2.45) is 10.8 Å². The van der Waals surface area contributed by atoms with E-state index in [0.29, 0.717) is 5.78 Å². The summed E-state index contributed by atoms with van der Waals surface area (Å²) in [5.74, 6) is 0.509. The molecule has 2 atom stereocenters. The number of piperidine rings is 2. The number of hydrogen-bond donors (Lipinski definition) is 0. The number of nitrogens with zero attached hydrogens (tertiary/aromatic N) is 3. The Bertz CT molecular complexity index is 1120. The first-order valence-corrected chi connectivity index (χ1v) is 11.2. The van der Waals surface area contributed by atoms with Gasteiger partial charge in [-0.15, -0.1) is 0 Å². The number of hydrogen-bond acceptors (Lipinski definition) is 3. The van der Waals surface area contributed by atoms with E-state index in [1.807, 2.05) is 0 Å². The minimum absolute atomic E-state index is 0.176. The van der Waals surface area contributed by atoms with E-state index in [-0.39, 0.29) is 17.0 Å². The van der Waals surface area contributed by atoms with Crippen molar-refractivity contribution >= 4 is 16.7 Å². The van der Waals surface area contributed by atoms with Crippen LogP contribution in [0.5, 0.6) is 0 Å². The Hall–Kier alpha value is -2.43. The van der Waals surface area contributed by atoms with E-state index in [1.165, 1.54) is 22.0 Å². The van der Waals surface area contributed by atoms with Crippen LogP contribution in [0.4, 0.5) is 0 Å². The van der Waals surface area contributed by atoms with E-state index in [2.05, 4.69) is 89.0 Å². The van der Waals surface area contributed by atoms with Crippen molar-refractivity contribution in [2.45, 2.75) is 33.0 Å². The molecule has 4 heteroatoms. The predicted molar refractivity (Wildman–Crippen MR) is 119 cm³/mol. The van der Waals surface area contributed by atoms with Crippen molar-refractivity contribution < 1.29 is 4.79 Å². The summed E-state index contributed by atoms with van der Waals surface area (Å²) in [7, 11) is 0. The van der Waals surface area contributed by atoms with Crippen molar-refractivity contribution in [1.82, 2.24) is 14.4 Å². The molecule has 0 amide bonds. The third-order valence-electron chi connectivity index (χ3n) is 7.81. The van der Waals surface area contributed by atoms with Gasteiger partial charge in [-0.1, -0.05) is 62.4 Å². The van der Waals surface area contributed by atoms with Gasteiger partial charge in [-0.05, 0) is 18.1 Å². The molecular formula is C26H29N3O. The highest BCUT2D eigenvalue weighted by molar-refractivity contribution is 5.93. The molecule has 7 rings (SSSR count). The Balaban J connectivity index is 1.44. The molecule has 0 N–H and O–H groups in total. The maximum atomic E-state index is 13.3. The van der Waals surface area contributed by atoms with Crippen molar-refractivity contribution in [2.75, 3.05) is 26.2 Å². The van der Waals surface area contributed by atoms with E-state index in [9.17, 15) is 4.79 Å². The fourth-order valence-electron chi connectivity index (χ4n) is 6.56. The second-order valence-corrected chi connectivity index (χ2v) is 9.92. The number of para-hydroxylation sites is 1.